The number of rotatable bonds is 5. The Balaban J connectivity index is 1.59. The van der Waals surface area contributed by atoms with Crippen molar-refractivity contribution in [3.8, 4) is 0 Å². The molecule has 0 unspecified atom stereocenters. The molecule has 30 heavy (non-hydrogen) atoms. The molecule has 0 aliphatic carbocycles. The lowest BCUT2D eigenvalue weighted by molar-refractivity contribution is -0.115. The van der Waals surface area contributed by atoms with E-state index in [4.69, 9.17) is 4.98 Å². The van der Waals surface area contributed by atoms with Gasteiger partial charge in [-0.3, -0.25) is 9.69 Å². The van der Waals surface area contributed by atoms with Crippen molar-refractivity contribution in [1.29, 1.82) is 0 Å². The van der Waals surface area contributed by atoms with E-state index in [1.807, 2.05) is 24.4 Å². The monoisotopic (exact) mass is 454 g/mol. The summed E-state index contributed by atoms with van der Waals surface area (Å²) in [6.07, 6.45) is 1.63. The van der Waals surface area contributed by atoms with Gasteiger partial charge >= 0.3 is 0 Å². The first kappa shape index (κ1) is 21.0. The van der Waals surface area contributed by atoms with Gasteiger partial charge in [-0.15, -0.1) is 22.7 Å². The predicted octanol–water partition coefficient (Wildman–Crippen LogP) is 6.36. The number of carbonyl (C=O) groups excluding carboxylic acids is 1. The third-order valence-corrected chi connectivity index (χ3v) is 7.94. The fourth-order valence-corrected chi connectivity index (χ4v) is 6.33. The van der Waals surface area contributed by atoms with E-state index in [-0.39, 0.29) is 5.91 Å². The van der Waals surface area contributed by atoms with Gasteiger partial charge in [0.2, 0.25) is 5.91 Å². The molecule has 0 atom stereocenters. The summed E-state index contributed by atoms with van der Waals surface area (Å²) in [5, 5.41) is 4.84. The summed E-state index contributed by atoms with van der Waals surface area (Å²) < 4.78 is 0. The summed E-state index contributed by atoms with van der Waals surface area (Å²) in [5.41, 5.74) is 5.29. The summed E-state index contributed by atoms with van der Waals surface area (Å²) in [6, 6.07) is 6.09. The molecule has 4 rings (SSSR count). The van der Waals surface area contributed by atoms with Gasteiger partial charge in [0.25, 0.3) is 0 Å². The molecule has 0 bridgehead atoms. The highest BCUT2D eigenvalue weighted by atomic mass is 32.2. The van der Waals surface area contributed by atoms with Crippen LogP contribution < -0.4 is 4.90 Å². The van der Waals surface area contributed by atoms with E-state index in [0.29, 0.717) is 10.9 Å². The van der Waals surface area contributed by atoms with Crippen LogP contribution in [-0.4, -0.2) is 20.9 Å². The second-order valence-electron chi connectivity index (χ2n) is 7.20. The van der Waals surface area contributed by atoms with Gasteiger partial charge in [-0.25, -0.2) is 15.0 Å². The van der Waals surface area contributed by atoms with Gasteiger partial charge in [0, 0.05) is 28.3 Å². The summed E-state index contributed by atoms with van der Waals surface area (Å²) in [6.45, 7) is 9.89. The summed E-state index contributed by atoms with van der Waals surface area (Å²) in [7, 11) is 0. The average molecular weight is 455 g/mol. The first-order valence-corrected chi connectivity index (χ1v) is 12.2. The molecule has 4 aromatic rings. The van der Waals surface area contributed by atoms with Gasteiger partial charge in [-0.2, -0.15) is 0 Å². The van der Waals surface area contributed by atoms with E-state index in [2.05, 4.69) is 36.8 Å². The van der Waals surface area contributed by atoms with Crippen LogP contribution in [0, 0.1) is 27.7 Å². The number of hydrogen-bond donors (Lipinski definition) is 0. The number of hydrogen-bond acceptors (Lipinski definition) is 7. The largest absolute Gasteiger partial charge is 0.274 e. The van der Waals surface area contributed by atoms with E-state index >= 15 is 0 Å². The number of aromatic nitrogens is 3. The first-order chi connectivity index (χ1) is 14.3. The van der Waals surface area contributed by atoms with Crippen LogP contribution in [0.5, 0.6) is 0 Å². The van der Waals surface area contributed by atoms with Gasteiger partial charge in [0.05, 0.1) is 11.4 Å². The van der Waals surface area contributed by atoms with Crippen molar-refractivity contribution in [2.45, 2.75) is 45.4 Å². The summed E-state index contributed by atoms with van der Waals surface area (Å²) >= 11 is 4.85. The van der Waals surface area contributed by atoms with E-state index in [9.17, 15) is 4.79 Å². The molecule has 8 heteroatoms. The fraction of sp³-hybridized carbons (Fsp3) is 0.273. The average Bonchev–Trinajstić information content (AvgIpc) is 3.27. The van der Waals surface area contributed by atoms with Crippen molar-refractivity contribution < 1.29 is 4.79 Å². The van der Waals surface area contributed by atoms with Crippen LogP contribution in [0.2, 0.25) is 0 Å². The maximum Gasteiger partial charge on any atom is 0.230 e. The van der Waals surface area contributed by atoms with E-state index < -0.39 is 0 Å². The minimum atomic E-state index is -0.0441. The van der Waals surface area contributed by atoms with Crippen molar-refractivity contribution in [2.24, 2.45) is 0 Å². The minimum absolute atomic E-state index is 0.0441. The van der Waals surface area contributed by atoms with Crippen molar-refractivity contribution in [1.82, 2.24) is 15.0 Å². The highest BCUT2D eigenvalue weighted by molar-refractivity contribution is 7.98. The van der Waals surface area contributed by atoms with Crippen LogP contribution >= 0.6 is 34.4 Å². The Labute approximate surface area is 188 Å². The Kier molecular flexibility index (Phi) is 5.90. The number of aryl methyl sites for hydroxylation is 4. The van der Waals surface area contributed by atoms with Crippen LogP contribution in [0.3, 0.4) is 0 Å². The molecule has 1 amide bonds. The van der Waals surface area contributed by atoms with Gasteiger partial charge in [0.15, 0.2) is 5.13 Å². The van der Waals surface area contributed by atoms with Crippen molar-refractivity contribution in [3.63, 3.8) is 0 Å². The Morgan fingerprint density at radius 3 is 2.70 bits per heavy atom. The zero-order valence-corrected chi connectivity index (χ0v) is 20.0. The number of fused-ring (bicyclic) bond motifs is 1. The van der Waals surface area contributed by atoms with Gasteiger partial charge in [-0.1, -0.05) is 29.5 Å². The third kappa shape index (κ3) is 3.99. The standard InChI is InChI=1S/C22H22N4OS3/c1-12-6-7-18(13(2)8-12)26(16(5)27)22-25-17(10-29-22)9-28-20-19-14(3)15(4)30-21(19)24-11-23-20/h6-8,10-11H,9H2,1-5H3. The summed E-state index contributed by atoms with van der Waals surface area (Å²) in [4.78, 5) is 30.1. The summed E-state index contributed by atoms with van der Waals surface area (Å²) in [5.74, 6) is 0.646. The third-order valence-electron chi connectivity index (χ3n) is 4.93. The topological polar surface area (TPSA) is 59.0 Å². The Morgan fingerprint density at radius 2 is 1.97 bits per heavy atom. The molecule has 1 aromatic carbocycles. The van der Waals surface area contributed by atoms with Crippen molar-refractivity contribution >= 4 is 61.4 Å². The van der Waals surface area contributed by atoms with Crippen molar-refractivity contribution in [2.75, 3.05) is 4.90 Å². The van der Waals surface area contributed by atoms with Crippen LogP contribution in [-0.2, 0) is 10.5 Å². The molecule has 0 aliphatic heterocycles. The normalized spacial score (nSPS) is 11.2. The highest BCUT2D eigenvalue weighted by Gasteiger charge is 2.20. The molecule has 0 saturated carbocycles. The number of amides is 1. The Bertz CT molecular complexity index is 1240. The van der Waals surface area contributed by atoms with E-state index in [1.165, 1.54) is 27.3 Å². The molecule has 0 saturated heterocycles. The Morgan fingerprint density at radius 1 is 1.17 bits per heavy atom. The first-order valence-electron chi connectivity index (χ1n) is 9.51. The van der Waals surface area contributed by atoms with Gasteiger partial charge < -0.3 is 0 Å². The molecule has 3 aromatic heterocycles. The number of anilines is 2. The molecule has 0 spiro atoms. The lowest BCUT2D eigenvalue weighted by Crippen LogP contribution is -2.23. The van der Waals surface area contributed by atoms with Crippen LogP contribution in [0.1, 0.15) is 34.2 Å². The lowest BCUT2D eigenvalue weighted by atomic mass is 10.1. The van der Waals surface area contributed by atoms with E-state index in [0.717, 1.165) is 32.2 Å². The maximum absolute atomic E-state index is 12.4. The molecule has 0 fully saturated rings. The van der Waals surface area contributed by atoms with Crippen molar-refractivity contribution in [3.05, 3.63) is 57.2 Å². The lowest BCUT2D eigenvalue weighted by Gasteiger charge is -2.20. The molecular weight excluding hydrogens is 432 g/mol. The molecule has 0 aliphatic rings. The molecule has 154 valence electrons. The van der Waals surface area contributed by atoms with Crippen LogP contribution in [0.25, 0.3) is 10.2 Å². The zero-order valence-electron chi connectivity index (χ0n) is 17.5. The Hall–Kier alpha value is -2.29. The number of thiophene rings is 1. The zero-order chi connectivity index (χ0) is 21.4. The molecule has 3 heterocycles. The quantitative estimate of drug-likeness (QED) is 0.259. The number of thiazole rings is 1. The minimum Gasteiger partial charge on any atom is -0.274 e. The van der Waals surface area contributed by atoms with Gasteiger partial charge in [0.1, 0.15) is 16.2 Å². The molecule has 5 nitrogen and oxygen atoms in total. The SMILES string of the molecule is CC(=O)N(c1nc(CSc2ncnc3sc(C)c(C)c23)cs1)c1ccc(C)cc1C. The van der Waals surface area contributed by atoms with Crippen LogP contribution in [0.15, 0.2) is 34.9 Å². The second kappa shape index (κ2) is 8.45. The van der Waals surface area contributed by atoms with Crippen LogP contribution in [0.4, 0.5) is 10.8 Å². The highest BCUT2D eigenvalue weighted by Crippen LogP contribution is 2.37. The predicted molar refractivity (Wildman–Crippen MR) is 127 cm³/mol. The second-order valence-corrected chi connectivity index (χ2v) is 10.2. The van der Waals surface area contributed by atoms with Gasteiger partial charge in [-0.05, 0) is 44.9 Å². The molecule has 0 radical (unpaired) electrons. The van der Waals surface area contributed by atoms with E-state index in [1.54, 1.807) is 41.2 Å². The molecular formula is C22H22N4OS3. The fourth-order valence-electron chi connectivity index (χ4n) is 3.33. The number of thioether (sulfide) groups is 1. The number of benzene rings is 1. The number of carbonyl (C=O) groups is 1. The number of nitrogens with zero attached hydrogens (tertiary/aromatic N) is 4. The maximum atomic E-state index is 12.4. The smallest absolute Gasteiger partial charge is 0.230 e. The molecule has 0 N–H and O–H groups in total.